The summed E-state index contributed by atoms with van der Waals surface area (Å²) in [4.78, 5) is 24.9. The fourth-order valence-electron chi connectivity index (χ4n) is 2.20. The summed E-state index contributed by atoms with van der Waals surface area (Å²) in [7, 11) is -1.98. The molecule has 1 N–H and O–H groups in total. The third-order valence-electron chi connectivity index (χ3n) is 3.05. The van der Waals surface area contributed by atoms with Crippen molar-refractivity contribution >= 4 is 8.03 Å². The van der Waals surface area contributed by atoms with E-state index in [1.54, 1.807) is 0 Å². The van der Waals surface area contributed by atoms with Crippen LogP contribution in [0, 0.1) is 5.92 Å². The molecule has 1 fully saturated rings. The normalized spacial score (nSPS) is 28.4. The maximum absolute atomic E-state index is 11.7. The Balaban J connectivity index is 2.11. The van der Waals surface area contributed by atoms with E-state index in [9.17, 15) is 14.2 Å². The number of ether oxygens (including phenoxy) is 1. The molecule has 7 nitrogen and oxygen atoms in total. The van der Waals surface area contributed by atoms with Crippen LogP contribution in [-0.2, 0) is 13.8 Å². The second kappa shape index (κ2) is 5.86. The second-order valence-corrected chi connectivity index (χ2v) is 5.95. The van der Waals surface area contributed by atoms with Crippen molar-refractivity contribution in [2.75, 3.05) is 13.3 Å². The summed E-state index contributed by atoms with van der Waals surface area (Å²) in [5.74, 6) is 0.108. The SMILES string of the molecule is CC1C[C@@H](CO[PH](C)=O)O[C@H]1n1ccc(=O)[nH]c1=O. The van der Waals surface area contributed by atoms with Gasteiger partial charge in [0, 0.05) is 24.8 Å². The van der Waals surface area contributed by atoms with Gasteiger partial charge in [-0.15, -0.1) is 0 Å². The average molecular weight is 288 g/mol. The maximum Gasteiger partial charge on any atom is 0.330 e. The summed E-state index contributed by atoms with van der Waals surface area (Å²) in [6.07, 6.45) is 1.52. The minimum Gasteiger partial charge on any atom is -0.352 e. The molecule has 19 heavy (non-hydrogen) atoms. The van der Waals surface area contributed by atoms with Crippen LogP contribution >= 0.6 is 8.03 Å². The maximum atomic E-state index is 11.7. The zero-order valence-corrected chi connectivity index (χ0v) is 11.8. The van der Waals surface area contributed by atoms with Crippen LogP contribution < -0.4 is 11.2 Å². The highest BCUT2D eigenvalue weighted by Gasteiger charge is 2.34. The summed E-state index contributed by atoms with van der Waals surface area (Å²) in [6.45, 7) is 3.73. The van der Waals surface area contributed by atoms with Gasteiger partial charge in [0.1, 0.15) is 6.23 Å². The van der Waals surface area contributed by atoms with Gasteiger partial charge >= 0.3 is 5.69 Å². The zero-order valence-electron chi connectivity index (χ0n) is 10.8. The average Bonchev–Trinajstić information content (AvgIpc) is 2.68. The topological polar surface area (TPSA) is 90.4 Å². The van der Waals surface area contributed by atoms with Crippen molar-refractivity contribution in [2.24, 2.45) is 5.92 Å². The molecule has 1 aliphatic rings. The minimum atomic E-state index is -1.98. The van der Waals surface area contributed by atoms with E-state index in [4.69, 9.17) is 9.26 Å². The summed E-state index contributed by atoms with van der Waals surface area (Å²) < 4.78 is 23.1. The van der Waals surface area contributed by atoms with Gasteiger partial charge in [0.25, 0.3) is 5.56 Å². The first-order valence-electron chi connectivity index (χ1n) is 6.07. The van der Waals surface area contributed by atoms with E-state index in [0.29, 0.717) is 6.42 Å². The highest BCUT2D eigenvalue weighted by Crippen LogP contribution is 2.34. The molecule has 0 bridgehead atoms. The molecule has 1 aliphatic heterocycles. The number of hydrogen-bond acceptors (Lipinski definition) is 5. The first-order valence-corrected chi connectivity index (χ1v) is 7.89. The van der Waals surface area contributed by atoms with Gasteiger partial charge in [-0.1, -0.05) is 6.92 Å². The summed E-state index contributed by atoms with van der Waals surface area (Å²) in [6, 6.07) is 1.28. The molecule has 2 heterocycles. The predicted molar refractivity (Wildman–Crippen MR) is 69.9 cm³/mol. The standard InChI is InChI=1S/C11H17N2O5P/c1-7-5-8(6-17-19(2)16)18-10(7)13-4-3-9(14)12-11(13)15/h3-4,7-8,10,19H,5-6H2,1-2H3,(H,12,14,15)/t7?,8-,10+/m0/s1. The van der Waals surface area contributed by atoms with E-state index < -0.39 is 25.5 Å². The third kappa shape index (κ3) is 3.43. The van der Waals surface area contributed by atoms with Crippen LogP contribution in [0.5, 0.6) is 0 Å². The molecule has 1 saturated heterocycles. The Hall–Kier alpha value is -1.17. The molecule has 0 aliphatic carbocycles. The van der Waals surface area contributed by atoms with Crippen LogP contribution in [0.1, 0.15) is 19.6 Å². The van der Waals surface area contributed by atoms with Crippen molar-refractivity contribution in [1.82, 2.24) is 9.55 Å². The van der Waals surface area contributed by atoms with E-state index in [-0.39, 0.29) is 18.6 Å². The van der Waals surface area contributed by atoms with Crippen molar-refractivity contribution in [3.8, 4) is 0 Å². The number of nitrogens with zero attached hydrogens (tertiary/aromatic N) is 1. The Morgan fingerprint density at radius 3 is 2.95 bits per heavy atom. The van der Waals surface area contributed by atoms with Gasteiger partial charge in [-0.05, 0) is 6.42 Å². The largest absolute Gasteiger partial charge is 0.352 e. The smallest absolute Gasteiger partial charge is 0.330 e. The number of aromatic amines is 1. The lowest BCUT2D eigenvalue weighted by Crippen LogP contribution is -2.33. The van der Waals surface area contributed by atoms with Crippen LogP contribution in [0.3, 0.4) is 0 Å². The highest BCUT2D eigenvalue weighted by molar-refractivity contribution is 7.38. The van der Waals surface area contributed by atoms with Gasteiger partial charge in [0.05, 0.1) is 12.7 Å². The quantitative estimate of drug-likeness (QED) is 0.818. The van der Waals surface area contributed by atoms with Gasteiger partial charge in [-0.25, -0.2) is 4.79 Å². The molecular weight excluding hydrogens is 271 g/mol. The van der Waals surface area contributed by atoms with E-state index >= 15 is 0 Å². The molecule has 1 aromatic heterocycles. The Morgan fingerprint density at radius 2 is 2.32 bits per heavy atom. The summed E-state index contributed by atoms with van der Waals surface area (Å²) >= 11 is 0. The molecular formula is C11H17N2O5P. The monoisotopic (exact) mass is 288 g/mol. The second-order valence-electron chi connectivity index (χ2n) is 4.68. The molecule has 0 spiro atoms. The minimum absolute atomic E-state index is 0.108. The molecule has 0 saturated carbocycles. The van der Waals surface area contributed by atoms with E-state index in [2.05, 4.69) is 4.98 Å². The third-order valence-corrected chi connectivity index (χ3v) is 3.62. The van der Waals surface area contributed by atoms with Crippen molar-refractivity contribution in [2.45, 2.75) is 25.7 Å². The van der Waals surface area contributed by atoms with Crippen LogP contribution in [0.4, 0.5) is 0 Å². The van der Waals surface area contributed by atoms with Crippen LogP contribution in [0.2, 0.25) is 0 Å². The number of hydrogen-bond donors (Lipinski definition) is 1. The summed E-state index contributed by atoms with van der Waals surface area (Å²) in [5.41, 5.74) is -0.925. The zero-order chi connectivity index (χ0) is 14.0. The number of rotatable bonds is 4. The van der Waals surface area contributed by atoms with Crippen molar-refractivity contribution in [3.63, 3.8) is 0 Å². The van der Waals surface area contributed by atoms with Crippen molar-refractivity contribution in [3.05, 3.63) is 33.1 Å². The van der Waals surface area contributed by atoms with Gasteiger partial charge in [0.2, 0.25) is 0 Å². The molecule has 0 radical (unpaired) electrons. The van der Waals surface area contributed by atoms with Crippen LogP contribution in [0.25, 0.3) is 0 Å². The molecule has 8 heteroatoms. The highest BCUT2D eigenvalue weighted by atomic mass is 31.1. The lowest BCUT2D eigenvalue weighted by atomic mass is 10.1. The van der Waals surface area contributed by atoms with Crippen LogP contribution in [0.15, 0.2) is 21.9 Å². The first-order chi connectivity index (χ1) is 8.97. The molecule has 0 aromatic carbocycles. The molecule has 1 aromatic rings. The Labute approximate surface area is 110 Å². The molecule has 0 amide bonds. The van der Waals surface area contributed by atoms with Crippen LogP contribution in [-0.4, -0.2) is 28.9 Å². The Morgan fingerprint density at radius 1 is 1.58 bits per heavy atom. The van der Waals surface area contributed by atoms with Crippen molar-refractivity contribution in [1.29, 1.82) is 0 Å². The first kappa shape index (κ1) is 14.2. The molecule has 2 unspecified atom stereocenters. The number of nitrogens with one attached hydrogen (secondary N) is 1. The van der Waals surface area contributed by atoms with Crippen molar-refractivity contribution < 1.29 is 13.8 Å². The molecule has 4 atom stereocenters. The molecule has 2 rings (SSSR count). The van der Waals surface area contributed by atoms with Gasteiger partial charge in [0.15, 0.2) is 8.03 Å². The Bertz CT molecular complexity index is 581. The molecule has 106 valence electrons. The van der Waals surface area contributed by atoms with Gasteiger partial charge in [-0.2, -0.15) is 0 Å². The number of H-pyrrole nitrogens is 1. The fourth-order valence-corrected chi connectivity index (χ4v) is 2.62. The lowest BCUT2D eigenvalue weighted by Gasteiger charge is -2.17. The predicted octanol–water partition coefficient (Wildman–Crippen LogP) is 0.581. The number of aromatic nitrogens is 2. The Kier molecular flexibility index (Phi) is 4.39. The van der Waals surface area contributed by atoms with Gasteiger partial charge < -0.3 is 9.26 Å². The van der Waals surface area contributed by atoms with Gasteiger partial charge in [-0.3, -0.25) is 18.9 Å². The van der Waals surface area contributed by atoms with E-state index in [1.807, 2.05) is 6.92 Å². The van der Waals surface area contributed by atoms with E-state index in [1.165, 1.54) is 23.5 Å². The fraction of sp³-hybridized carbons (Fsp3) is 0.636. The summed E-state index contributed by atoms with van der Waals surface area (Å²) in [5, 5.41) is 0. The van der Waals surface area contributed by atoms with E-state index in [0.717, 1.165) is 0 Å². The lowest BCUT2D eigenvalue weighted by molar-refractivity contribution is -0.0285.